The summed E-state index contributed by atoms with van der Waals surface area (Å²) in [6, 6.07) is 0. The van der Waals surface area contributed by atoms with Crippen molar-refractivity contribution in [1.29, 1.82) is 0 Å². The molecule has 0 aromatic carbocycles. The van der Waals surface area contributed by atoms with E-state index in [2.05, 4.69) is 0 Å². The zero-order valence-electron chi connectivity index (χ0n) is 5.94. The second kappa shape index (κ2) is 9.83. The number of hydrogen-bond acceptors (Lipinski definition) is 4. The molecule has 0 saturated heterocycles. The first-order valence-electron chi connectivity index (χ1n) is 2.21. The minimum absolute atomic E-state index is 0. The molecule has 0 amide bonds. The Bertz CT molecular complexity index is 120. The fourth-order valence-electron chi connectivity index (χ4n) is 0. The molecule has 0 aliphatic rings. The van der Waals surface area contributed by atoms with Gasteiger partial charge >= 0.3 is 29.6 Å². The summed E-state index contributed by atoms with van der Waals surface area (Å²) in [5.41, 5.74) is 0. The zero-order valence-corrected chi connectivity index (χ0v) is 8.76. The number of aliphatic hydroxyl groups excluding tert-OH is 1. The van der Waals surface area contributed by atoms with Crippen LogP contribution in [0.5, 0.6) is 0 Å². The molecule has 10 heavy (non-hydrogen) atoms. The van der Waals surface area contributed by atoms with Crippen LogP contribution < -0.4 is 29.6 Å². The van der Waals surface area contributed by atoms with Crippen LogP contribution in [-0.2, 0) is 10.4 Å². The van der Waals surface area contributed by atoms with Crippen LogP contribution in [0, 0.1) is 0 Å². The Morgan fingerprint density at radius 1 is 1.50 bits per heavy atom. The van der Waals surface area contributed by atoms with Crippen molar-refractivity contribution in [2.75, 3.05) is 6.61 Å². The Morgan fingerprint density at radius 2 is 1.60 bits per heavy atom. The Kier molecular flexibility index (Phi) is 16.8. The summed E-state index contributed by atoms with van der Waals surface area (Å²) in [6.07, 6.45) is 0.875. The van der Waals surface area contributed by atoms with Gasteiger partial charge in [0.15, 0.2) is 0 Å². The van der Waals surface area contributed by atoms with Gasteiger partial charge < -0.3 is 9.66 Å². The van der Waals surface area contributed by atoms with Gasteiger partial charge in [-0.05, 0) is 6.42 Å². The van der Waals surface area contributed by atoms with E-state index in [1.165, 1.54) is 0 Å². The third-order valence-corrected chi connectivity index (χ3v) is 0.224. The van der Waals surface area contributed by atoms with Gasteiger partial charge in [-0.15, -0.1) is 0 Å². The Balaban J connectivity index is -0.0000000910. The molecule has 0 aliphatic heterocycles. The predicted molar refractivity (Wildman–Crippen MR) is 29.7 cm³/mol. The molecule has 0 rings (SSSR count). The summed E-state index contributed by atoms with van der Waals surface area (Å²) >= 11 is 0. The number of aliphatic hydroxyl groups is 1. The molecule has 0 atom stereocenters. The van der Waals surface area contributed by atoms with E-state index in [9.17, 15) is 0 Å². The van der Waals surface area contributed by atoms with Gasteiger partial charge in [-0.25, -0.2) is 8.42 Å². The van der Waals surface area contributed by atoms with Crippen molar-refractivity contribution in [3.63, 3.8) is 0 Å². The zero-order chi connectivity index (χ0) is 7.91. The summed E-state index contributed by atoms with van der Waals surface area (Å²) < 4.78 is 32.8. The van der Waals surface area contributed by atoms with Crippen LogP contribution in [-0.4, -0.2) is 29.2 Å². The first kappa shape index (κ1) is 17.1. The van der Waals surface area contributed by atoms with Crippen molar-refractivity contribution >= 4 is 10.4 Å². The van der Waals surface area contributed by atoms with Gasteiger partial charge in [0.2, 0.25) is 10.4 Å². The molecular weight excluding hydrogens is 171 g/mol. The van der Waals surface area contributed by atoms with Gasteiger partial charge in [0.05, 0.1) is 0 Å². The quantitative estimate of drug-likeness (QED) is 0.247. The van der Waals surface area contributed by atoms with E-state index in [1.807, 2.05) is 6.92 Å². The van der Waals surface area contributed by atoms with Crippen molar-refractivity contribution in [2.45, 2.75) is 13.3 Å². The maximum Gasteiger partial charge on any atom is 1.00 e. The molecule has 0 saturated carbocycles. The van der Waals surface area contributed by atoms with Crippen molar-refractivity contribution in [2.24, 2.45) is 0 Å². The molecule has 7 heteroatoms. The maximum atomic E-state index is 8.63. The maximum absolute atomic E-state index is 8.63. The molecule has 0 aromatic heterocycles. The molecule has 58 valence electrons. The van der Waals surface area contributed by atoms with E-state index in [1.54, 1.807) is 0 Å². The molecule has 2 N–H and O–H groups in total. The Morgan fingerprint density at radius 3 is 1.60 bits per heavy atom. The minimum Gasteiger partial charge on any atom is -0.726 e. The molecule has 0 aliphatic carbocycles. The van der Waals surface area contributed by atoms with Gasteiger partial charge in [-0.2, -0.15) is 0 Å². The molecular formula is C3H9NaO5S. The van der Waals surface area contributed by atoms with E-state index >= 15 is 0 Å². The number of rotatable bonds is 1. The van der Waals surface area contributed by atoms with E-state index < -0.39 is 10.4 Å². The average molecular weight is 180 g/mol. The third-order valence-electron chi connectivity index (χ3n) is 0.224. The smallest absolute Gasteiger partial charge is 0.726 e. The van der Waals surface area contributed by atoms with E-state index in [4.69, 9.17) is 22.6 Å². The van der Waals surface area contributed by atoms with Crippen LogP contribution in [0.15, 0.2) is 0 Å². The van der Waals surface area contributed by atoms with E-state index in [-0.39, 0.29) is 29.6 Å². The Labute approximate surface area is 82.3 Å². The van der Waals surface area contributed by atoms with Crippen LogP contribution in [0.3, 0.4) is 0 Å². The third kappa shape index (κ3) is 162. The first-order chi connectivity index (χ1) is 3.91. The summed E-state index contributed by atoms with van der Waals surface area (Å²) in [7, 11) is -4.92. The molecule has 0 spiro atoms. The van der Waals surface area contributed by atoms with Crippen LogP contribution in [0.25, 0.3) is 0 Å². The molecule has 0 bridgehead atoms. The number of hydrogen-bond donors (Lipinski definition) is 2. The first-order valence-corrected chi connectivity index (χ1v) is 3.57. The summed E-state index contributed by atoms with van der Waals surface area (Å²) in [5.74, 6) is 0. The van der Waals surface area contributed by atoms with E-state index in [0.29, 0.717) is 6.61 Å². The fraction of sp³-hybridized carbons (Fsp3) is 1.00. The van der Waals surface area contributed by atoms with Crippen molar-refractivity contribution in [3.8, 4) is 0 Å². The summed E-state index contributed by atoms with van der Waals surface area (Å²) in [5, 5.41) is 7.88. The van der Waals surface area contributed by atoms with Crippen LogP contribution in [0.1, 0.15) is 13.3 Å². The largest absolute Gasteiger partial charge is 1.00 e. The van der Waals surface area contributed by atoms with Crippen LogP contribution >= 0.6 is 0 Å². The molecule has 0 radical (unpaired) electrons. The Hall–Kier alpha value is 0.830. The standard InChI is InChI=1S/C3H8O.Na.H2O4S/c1-2-3-4;;1-5(2,3)4/h4H,2-3H2,1H3;;(H2,1,2,3,4)/q;+1;/p-1. The van der Waals surface area contributed by atoms with Crippen molar-refractivity contribution in [3.05, 3.63) is 0 Å². The van der Waals surface area contributed by atoms with Gasteiger partial charge in [0.1, 0.15) is 0 Å². The van der Waals surface area contributed by atoms with Crippen molar-refractivity contribution < 1.29 is 52.2 Å². The SMILES string of the molecule is CCCO.O=S(=O)([O-])O.[Na+]. The monoisotopic (exact) mass is 180 g/mol. The topological polar surface area (TPSA) is 97.7 Å². The fourth-order valence-corrected chi connectivity index (χ4v) is 0. The van der Waals surface area contributed by atoms with Crippen LogP contribution in [0.2, 0.25) is 0 Å². The molecule has 0 unspecified atom stereocenters. The summed E-state index contributed by atoms with van der Waals surface area (Å²) in [6.45, 7) is 2.25. The van der Waals surface area contributed by atoms with Crippen LogP contribution in [0.4, 0.5) is 0 Å². The molecule has 0 fully saturated rings. The molecule has 0 heterocycles. The average Bonchev–Trinajstić information content (AvgIpc) is 1.61. The van der Waals surface area contributed by atoms with Gasteiger partial charge in [0.25, 0.3) is 0 Å². The van der Waals surface area contributed by atoms with Gasteiger partial charge in [-0.1, -0.05) is 6.92 Å². The minimum atomic E-state index is -4.92. The summed E-state index contributed by atoms with van der Waals surface area (Å²) in [4.78, 5) is 0. The molecule has 0 aromatic rings. The molecule has 5 nitrogen and oxygen atoms in total. The normalized spacial score (nSPS) is 8.80. The predicted octanol–water partition coefficient (Wildman–Crippen LogP) is -3.60. The second-order valence-corrected chi connectivity index (χ2v) is 2.01. The second-order valence-electron chi connectivity index (χ2n) is 1.15. The van der Waals surface area contributed by atoms with Gasteiger partial charge in [-0.3, -0.25) is 4.55 Å². The van der Waals surface area contributed by atoms with Gasteiger partial charge in [0, 0.05) is 6.61 Å². The van der Waals surface area contributed by atoms with Crippen molar-refractivity contribution in [1.82, 2.24) is 0 Å². The van der Waals surface area contributed by atoms with E-state index in [0.717, 1.165) is 6.42 Å².